The van der Waals surface area contributed by atoms with Crippen LogP contribution in [0.3, 0.4) is 0 Å². The van der Waals surface area contributed by atoms with E-state index in [4.69, 9.17) is 4.74 Å². The van der Waals surface area contributed by atoms with Crippen LogP contribution >= 0.6 is 0 Å². The van der Waals surface area contributed by atoms with E-state index in [9.17, 15) is 9.59 Å². The third kappa shape index (κ3) is 4.17. The van der Waals surface area contributed by atoms with Gasteiger partial charge in [0.1, 0.15) is 5.60 Å². The van der Waals surface area contributed by atoms with E-state index in [0.29, 0.717) is 38.0 Å². The molecule has 0 radical (unpaired) electrons. The SMILES string of the molecule is CCCCCCN1CC2(CCN(C(=O)c3ccc(C)nc3)CC2)OC1=O. The monoisotopic (exact) mass is 359 g/mol. The lowest BCUT2D eigenvalue weighted by atomic mass is 9.91. The van der Waals surface area contributed by atoms with Crippen LogP contribution in [-0.2, 0) is 4.74 Å². The molecule has 0 bridgehead atoms. The lowest BCUT2D eigenvalue weighted by Crippen LogP contribution is -2.48. The first-order chi connectivity index (χ1) is 12.5. The number of carbonyl (C=O) groups is 2. The molecule has 26 heavy (non-hydrogen) atoms. The molecular weight excluding hydrogens is 330 g/mol. The number of rotatable bonds is 6. The topological polar surface area (TPSA) is 62.7 Å². The van der Waals surface area contributed by atoms with Gasteiger partial charge in [-0.1, -0.05) is 26.2 Å². The maximum atomic E-state index is 12.6. The van der Waals surface area contributed by atoms with Crippen molar-refractivity contribution in [1.82, 2.24) is 14.8 Å². The summed E-state index contributed by atoms with van der Waals surface area (Å²) >= 11 is 0. The second-order valence-corrected chi connectivity index (χ2v) is 7.51. The minimum atomic E-state index is -0.413. The van der Waals surface area contributed by atoms with E-state index in [-0.39, 0.29) is 12.0 Å². The molecule has 0 atom stereocenters. The molecule has 1 spiro atoms. The van der Waals surface area contributed by atoms with Gasteiger partial charge in [-0.2, -0.15) is 0 Å². The van der Waals surface area contributed by atoms with Crippen LogP contribution in [0.1, 0.15) is 61.5 Å². The van der Waals surface area contributed by atoms with Crippen molar-refractivity contribution < 1.29 is 14.3 Å². The Bertz CT molecular complexity index is 636. The largest absolute Gasteiger partial charge is 0.441 e. The molecule has 2 fully saturated rings. The standard InChI is InChI=1S/C20H29N3O3/c1-3-4-5-6-11-23-15-20(26-19(23)25)9-12-22(13-10-20)18(24)17-8-7-16(2)21-14-17/h7-8,14H,3-6,9-13,15H2,1-2H3. The third-order valence-electron chi connectivity index (χ3n) is 5.44. The zero-order valence-corrected chi connectivity index (χ0v) is 15.9. The molecule has 0 saturated carbocycles. The molecule has 0 aliphatic carbocycles. The number of aromatic nitrogens is 1. The molecule has 2 aliphatic heterocycles. The van der Waals surface area contributed by atoms with Gasteiger partial charge in [-0.3, -0.25) is 9.78 Å². The first-order valence-electron chi connectivity index (χ1n) is 9.73. The number of hydrogen-bond acceptors (Lipinski definition) is 4. The molecule has 2 saturated heterocycles. The van der Waals surface area contributed by atoms with Crippen LogP contribution in [0.4, 0.5) is 4.79 Å². The maximum Gasteiger partial charge on any atom is 0.410 e. The summed E-state index contributed by atoms with van der Waals surface area (Å²) in [6.45, 7) is 6.75. The normalized spacial score (nSPS) is 19.1. The van der Waals surface area contributed by atoms with Crippen LogP contribution in [0.5, 0.6) is 0 Å². The molecule has 6 heteroatoms. The maximum absolute atomic E-state index is 12.6. The quantitative estimate of drug-likeness (QED) is 0.730. The van der Waals surface area contributed by atoms with E-state index >= 15 is 0 Å². The Morgan fingerprint density at radius 3 is 2.65 bits per heavy atom. The first kappa shape index (κ1) is 18.7. The highest BCUT2D eigenvalue weighted by Gasteiger charge is 2.47. The van der Waals surface area contributed by atoms with Crippen molar-refractivity contribution in [2.45, 2.75) is 58.0 Å². The number of pyridine rings is 1. The van der Waals surface area contributed by atoms with Gasteiger partial charge in [-0.15, -0.1) is 0 Å². The van der Waals surface area contributed by atoms with Crippen LogP contribution in [0.2, 0.25) is 0 Å². The second-order valence-electron chi connectivity index (χ2n) is 7.51. The second kappa shape index (κ2) is 8.06. The minimum Gasteiger partial charge on any atom is -0.441 e. The van der Waals surface area contributed by atoms with E-state index in [0.717, 1.165) is 25.1 Å². The summed E-state index contributed by atoms with van der Waals surface area (Å²) in [7, 11) is 0. The summed E-state index contributed by atoms with van der Waals surface area (Å²) in [6, 6.07) is 3.68. The molecule has 0 aromatic carbocycles. The molecule has 1 aromatic heterocycles. The van der Waals surface area contributed by atoms with Crippen molar-refractivity contribution in [2.24, 2.45) is 0 Å². The minimum absolute atomic E-state index is 0.00750. The number of aryl methyl sites for hydroxylation is 1. The molecular formula is C20H29N3O3. The van der Waals surface area contributed by atoms with Gasteiger partial charge in [-0.05, 0) is 25.5 Å². The summed E-state index contributed by atoms with van der Waals surface area (Å²) in [6.07, 6.45) is 7.43. The van der Waals surface area contributed by atoms with E-state index in [1.54, 1.807) is 6.20 Å². The molecule has 2 amide bonds. The van der Waals surface area contributed by atoms with Crippen molar-refractivity contribution in [3.63, 3.8) is 0 Å². The van der Waals surface area contributed by atoms with E-state index in [1.165, 1.54) is 12.8 Å². The van der Waals surface area contributed by atoms with Crippen LogP contribution in [0, 0.1) is 6.92 Å². The molecule has 6 nitrogen and oxygen atoms in total. The fourth-order valence-corrected chi connectivity index (χ4v) is 3.75. The third-order valence-corrected chi connectivity index (χ3v) is 5.44. The van der Waals surface area contributed by atoms with Crippen molar-refractivity contribution in [1.29, 1.82) is 0 Å². The first-order valence-corrected chi connectivity index (χ1v) is 9.73. The Hall–Kier alpha value is -2.11. The number of piperidine rings is 1. The molecule has 3 heterocycles. The summed E-state index contributed by atoms with van der Waals surface area (Å²) in [5.41, 5.74) is 1.10. The smallest absolute Gasteiger partial charge is 0.410 e. The number of carbonyl (C=O) groups excluding carboxylic acids is 2. The van der Waals surface area contributed by atoms with Crippen LogP contribution in [-0.4, -0.2) is 58.6 Å². The molecule has 0 N–H and O–H groups in total. The average molecular weight is 359 g/mol. The number of nitrogens with zero attached hydrogens (tertiary/aromatic N) is 3. The van der Waals surface area contributed by atoms with Gasteiger partial charge < -0.3 is 14.5 Å². The molecule has 142 valence electrons. The Labute approximate surface area is 155 Å². The fraction of sp³-hybridized carbons (Fsp3) is 0.650. The van der Waals surface area contributed by atoms with E-state index in [2.05, 4.69) is 11.9 Å². The highest BCUT2D eigenvalue weighted by molar-refractivity contribution is 5.94. The van der Waals surface area contributed by atoms with Gasteiger partial charge in [0.25, 0.3) is 5.91 Å². The molecule has 0 unspecified atom stereocenters. The van der Waals surface area contributed by atoms with E-state index < -0.39 is 5.60 Å². The lowest BCUT2D eigenvalue weighted by Gasteiger charge is -2.37. The molecule has 1 aromatic rings. The number of unbranched alkanes of at least 4 members (excludes halogenated alkanes) is 3. The summed E-state index contributed by atoms with van der Waals surface area (Å²) in [5.74, 6) is 0.00750. The van der Waals surface area contributed by atoms with Gasteiger partial charge in [0, 0.05) is 44.4 Å². The van der Waals surface area contributed by atoms with Crippen LogP contribution < -0.4 is 0 Å². The van der Waals surface area contributed by atoms with Crippen LogP contribution in [0.25, 0.3) is 0 Å². The highest BCUT2D eigenvalue weighted by Crippen LogP contribution is 2.33. The predicted molar refractivity (Wildman–Crippen MR) is 99.0 cm³/mol. The van der Waals surface area contributed by atoms with Gasteiger partial charge in [0.15, 0.2) is 0 Å². The van der Waals surface area contributed by atoms with Crippen molar-refractivity contribution in [2.75, 3.05) is 26.2 Å². The van der Waals surface area contributed by atoms with Gasteiger partial charge in [-0.25, -0.2) is 4.79 Å². The highest BCUT2D eigenvalue weighted by atomic mass is 16.6. The van der Waals surface area contributed by atoms with Crippen molar-refractivity contribution in [3.05, 3.63) is 29.6 Å². The summed E-state index contributed by atoms with van der Waals surface area (Å²) in [5, 5.41) is 0. The zero-order valence-electron chi connectivity index (χ0n) is 15.9. The molecule has 2 aliphatic rings. The predicted octanol–water partition coefficient (Wildman–Crippen LogP) is 3.40. The number of likely N-dealkylation sites (tertiary alicyclic amines) is 1. The Balaban J connectivity index is 1.52. The van der Waals surface area contributed by atoms with Gasteiger partial charge >= 0.3 is 6.09 Å². The van der Waals surface area contributed by atoms with Gasteiger partial charge in [0.05, 0.1) is 12.1 Å². The summed E-state index contributed by atoms with van der Waals surface area (Å²) < 4.78 is 5.75. The van der Waals surface area contributed by atoms with Crippen molar-refractivity contribution >= 4 is 12.0 Å². The zero-order chi connectivity index (χ0) is 18.6. The Morgan fingerprint density at radius 1 is 1.23 bits per heavy atom. The lowest BCUT2D eigenvalue weighted by molar-refractivity contribution is 0.00312. The Kier molecular flexibility index (Phi) is 5.79. The Morgan fingerprint density at radius 2 is 2.00 bits per heavy atom. The number of ether oxygens (including phenoxy) is 1. The average Bonchev–Trinajstić information content (AvgIpc) is 2.94. The van der Waals surface area contributed by atoms with Gasteiger partial charge in [0.2, 0.25) is 0 Å². The number of amides is 2. The van der Waals surface area contributed by atoms with Crippen LogP contribution in [0.15, 0.2) is 18.3 Å². The van der Waals surface area contributed by atoms with E-state index in [1.807, 2.05) is 28.9 Å². The fourth-order valence-electron chi connectivity index (χ4n) is 3.75. The van der Waals surface area contributed by atoms with Crippen molar-refractivity contribution in [3.8, 4) is 0 Å². The number of hydrogen-bond donors (Lipinski definition) is 0. The molecule has 3 rings (SSSR count). The summed E-state index contributed by atoms with van der Waals surface area (Å²) in [4.78, 5) is 32.7.